The number of ether oxygens (including phenoxy) is 1. The Bertz CT molecular complexity index is 861. The maximum atomic E-state index is 6.51. The van der Waals surface area contributed by atoms with E-state index >= 15 is 0 Å². The van der Waals surface area contributed by atoms with Crippen molar-refractivity contribution in [1.82, 2.24) is 24.9 Å². The van der Waals surface area contributed by atoms with Crippen molar-refractivity contribution in [3.05, 3.63) is 42.2 Å². The number of aromatic nitrogens is 4. The number of nitrogens with one attached hydrogen (secondary N) is 2. The zero-order valence-corrected chi connectivity index (χ0v) is 15.3. The van der Waals surface area contributed by atoms with Gasteiger partial charge in [-0.2, -0.15) is 10.2 Å². The molecular formula is C17H25N9O. The third kappa shape index (κ3) is 3.40. The Morgan fingerprint density at radius 3 is 2.85 bits per heavy atom. The number of anilines is 1. The van der Waals surface area contributed by atoms with E-state index in [9.17, 15) is 0 Å². The van der Waals surface area contributed by atoms with Gasteiger partial charge >= 0.3 is 0 Å². The fourth-order valence-electron chi connectivity index (χ4n) is 3.25. The maximum Gasteiger partial charge on any atom is 0.202 e. The molecule has 2 aromatic rings. The average molecular weight is 371 g/mol. The minimum Gasteiger partial charge on any atom is -0.397 e. The summed E-state index contributed by atoms with van der Waals surface area (Å²) < 4.78 is 9.17. The van der Waals surface area contributed by atoms with Crippen LogP contribution in [0.15, 0.2) is 41.7 Å². The lowest BCUT2D eigenvalue weighted by Crippen LogP contribution is -2.47. The summed E-state index contributed by atoms with van der Waals surface area (Å²) in [5.74, 6) is 0.502. The third-order valence-corrected chi connectivity index (χ3v) is 4.92. The molecule has 2 aromatic heterocycles. The lowest BCUT2D eigenvalue weighted by molar-refractivity contribution is 0.0662. The van der Waals surface area contributed by atoms with Crippen LogP contribution in [-0.2, 0) is 16.9 Å². The largest absolute Gasteiger partial charge is 0.397 e. The molecule has 0 spiro atoms. The number of hydrogen-bond donors (Lipinski definition) is 4. The van der Waals surface area contributed by atoms with Crippen molar-refractivity contribution in [2.45, 2.75) is 38.0 Å². The van der Waals surface area contributed by atoms with Gasteiger partial charge in [-0.25, -0.2) is 4.99 Å². The van der Waals surface area contributed by atoms with E-state index in [0.29, 0.717) is 17.7 Å². The van der Waals surface area contributed by atoms with Crippen molar-refractivity contribution < 1.29 is 4.74 Å². The molecule has 10 nitrogen and oxygen atoms in total. The van der Waals surface area contributed by atoms with E-state index in [4.69, 9.17) is 16.2 Å². The molecule has 0 radical (unpaired) electrons. The number of hydrogen-bond acceptors (Lipinski definition) is 8. The molecular weight excluding hydrogens is 346 g/mol. The molecule has 0 aliphatic carbocycles. The van der Waals surface area contributed by atoms with Crippen LogP contribution in [0.2, 0.25) is 0 Å². The number of guanidine groups is 1. The topological polar surface area (TPSA) is 133 Å². The second-order valence-electron chi connectivity index (χ2n) is 6.73. The number of nitrogens with two attached hydrogens (primary N) is 2. The van der Waals surface area contributed by atoms with Gasteiger partial charge in [-0.05, 0) is 19.8 Å². The van der Waals surface area contributed by atoms with Crippen molar-refractivity contribution >= 4 is 11.6 Å². The quantitative estimate of drug-likeness (QED) is 0.612. The summed E-state index contributed by atoms with van der Waals surface area (Å²) in [6, 6.07) is 0.361. The van der Waals surface area contributed by atoms with Crippen molar-refractivity contribution in [3.63, 3.8) is 0 Å². The Kier molecular flexibility index (Phi) is 4.58. The molecule has 27 heavy (non-hydrogen) atoms. The molecule has 144 valence electrons. The Balaban J connectivity index is 1.53. The summed E-state index contributed by atoms with van der Waals surface area (Å²) in [6.07, 6.45) is 10.9. The van der Waals surface area contributed by atoms with Gasteiger partial charge in [0.15, 0.2) is 5.66 Å². The number of nitrogens with zero attached hydrogens (tertiary/aromatic N) is 5. The van der Waals surface area contributed by atoms with E-state index in [1.807, 2.05) is 24.0 Å². The second kappa shape index (κ2) is 7.05. The molecule has 10 heteroatoms. The normalized spacial score (nSPS) is 23.5. The summed E-state index contributed by atoms with van der Waals surface area (Å²) in [5, 5.41) is 15.0. The van der Waals surface area contributed by atoms with Crippen LogP contribution in [-0.4, -0.2) is 38.7 Å². The molecule has 1 atom stereocenters. The molecule has 0 amide bonds. The Morgan fingerprint density at radius 1 is 1.30 bits per heavy atom. The van der Waals surface area contributed by atoms with Crippen molar-refractivity contribution in [3.8, 4) is 0 Å². The highest BCUT2D eigenvalue weighted by molar-refractivity contribution is 5.95. The van der Waals surface area contributed by atoms with Crippen LogP contribution in [0.1, 0.15) is 31.4 Å². The van der Waals surface area contributed by atoms with Gasteiger partial charge in [0.2, 0.25) is 5.96 Å². The van der Waals surface area contributed by atoms with Crippen LogP contribution in [0.3, 0.4) is 0 Å². The molecule has 0 saturated carbocycles. The van der Waals surface area contributed by atoms with E-state index in [1.165, 1.54) is 0 Å². The minimum atomic E-state index is -1.17. The highest BCUT2D eigenvalue weighted by atomic mass is 16.5. The lowest BCUT2D eigenvalue weighted by atomic mass is 10.0. The Hall–Kier alpha value is -2.85. The molecule has 4 rings (SSSR count). The highest BCUT2D eigenvalue weighted by Gasteiger charge is 2.34. The first-order chi connectivity index (χ1) is 13.1. The van der Waals surface area contributed by atoms with E-state index in [-0.39, 0.29) is 0 Å². The van der Waals surface area contributed by atoms with E-state index < -0.39 is 5.66 Å². The fourth-order valence-corrected chi connectivity index (χ4v) is 3.25. The molecule has 2 aliphatic heterocycles. The standard InChI is InChI=1S/C17H25N9O/c1-2-25-10-12(7-21-25)17(19)15(18)9-20-16(24-17)23-13-8-22-26(11-13)14-3-5-27-6-4-14/h7-11,14H,2-6,18-19H2,1H3,(H2,20,23,24). The predicted octanol–water partition coefficient (Wildman–Crippen LogP) is 0.434. The lowest BCUT2D eigenvalue weighted by Gasteiger charge is -2.29. The molecule has 6 N–H and O–H groups in total. The van der Waals surface area contributed by atoms with Crippen LogP contribution in [0.25, 0.3) is 0 Å². The first-order valence-electron chi connectivity index (χ1n) is 9.11. The number of rotatable bonds is 4. The van der Waals surface area contributed by atoms with Crippen LogP contribution in [0.4, 0.5) is 5.69 Å². The van der Waals surface area contributed by atoms with Gasteiger partial charge in [0, 0.05) is 43.9 Å². The molecule has 0 aromatic carbocycles. The molecule has 1 unspecified atom stereocenters. The minimum absolute atomic E-state index is 0.361. The van der Waals surface area contributed by atoms with Crippen LogP contribution >= 0.6 is 0 Å². The maximum absolute atomic E-state index is 6.51. The predicted molar refractivity (Wildman–Crippen MR) is 102 cm³/mol. The molecule has 0 bridgehead atoms. The van der Waals surface area contributed by atoms with Gasteiger partial charge in [-0.15, -0.1) is 0 Å². The number of aryl methyl sites for hydroxylation is 1. The molecule has 4 heterocycles. The Labute approximate surface area is 157 Å². The third-order valence-electron chi connectivity index (χ3n) is 4.92. The summed E-state index contributed by atoms with van der Waals surface area (Å²) in [5.41, 5.74) is 13.4. The van der Waals surface area contributed by atoms with Gasteiger partial charge in [0.05, 0.1) is 29.8 Å². The molecule has 1 saturated heterocycles. The van der Waals surface area contributed by atoms with E-state index in [0.717, 1.165) is 43.9 Å². The van der Waals surface area contributed by atoms with Crippen LogP contribution < -0.4 is 22.1 Å². The van der Waals surface area contributed by atoms with Crippen LogP contribution in [0, 0.1) is 0 Å². The molecule has 1 fully saturated rings. The zero-order chi connectivity index (χ0) is 18.9. The Morgan fingerprint density at radius 2 is 2.11 bits per heavy atom. The van der Waals surface area contributed by atoms with Gasteiger partial charge in [0.25, 0.3) is 0 Å². The van der Waals surface area contributed by atoms with Crippen molar-refractivity contribution in [1.29, 1.82) is 0 Å². The van der Waals surface area contributed by atoms with Gasteiger partial charge < -0.3 is 21.1 Å². The smallest absolute Gasteiger partial charge is 0.202 e. The summed E-state index contributed by atoms with van der Waals surface area (Å²) in [4.78, 5) is 4.60. The first kappa shape index (κ1) is 17.6. The zero-order valence-electron chi connectivity index (χ0n) is 15.3. The second-order valence-corrected chi connectivity index (χ2v) is 6.73. The monoisotopic (exact) mass is 371 g/mol. The van der Waals surface area contributed by atoms with Crippen LogP contribution in [0.5, 0.6) is 0 Å². The average Bonchev–Trinajstić information content (AvgIpc) is 3.35. The van der Waals surface area contributed by atoms with Crippen molar-refractivity contribution in [2.24, 2.45) is 16.5 Å². The summed E-state index contributed by atoms with van der Waals surface area (Å²) in [7, 11) is 0. The SMILES string of the molecule is CCn1cc(C2(N)N=C(Nc3cnn(C4CCOCC4)c3)NC=C2N)cn1. The highest BCUT2D eigenvalue weighted by Crippen LogP contribution is 2.27. The van der Waals surface area contributed by atoms with E-state index in [1.54, 1.807) is 23.3 Å². The van der Waals surface area contributed by atoms with Gasteiger partial charge in [-0.1, -0.05) is 0 Å². The number of aliphatic imine (C=N–C) groups is 1. The van der Waals surface area contributed by atoms with Crippen molar-refractivity contribution in [2.75, 3.05) is 18.5 Å². The first-order valence-corrected chi connectivity index (χ1v) is 9.11. The summed E-state index contributed by atoms with van der Waals surface area (Å²) in [6.45, 7) is 4.30. The van der Waals surface area contributed by atoms with Gasteiger partial charge in [-0.3, -0.25) is 15.1 Å². The molecule has 2 aliphatic rings. The summed E-state index contributed by atoms with van der Waals surface area (Å²) >= 11 is 0. The van der Waals surface area contributed by atoms with Gasteiger partial charge in [0.1, 0.15) is 0 Å². The van der Waals surface area contributed by atoms with E-state index in [2.05, 4.69) is 25.8 Å². The fraction of sp³-hybridized carbons (Fsp3) is 0.471.